The van der Waals surface area contributed by atoms with Crippen molar-refractivity contribution >= 4 is 5.91 Å². The number of halogens is 6. The summed E-state index contributed by atoms with van der Waals surface area (Å²) in [6, 6.07) is 3.37. The van der Waals surface area contributed by atoms with Crippen LogP contribution in [0.4, 0.5) is 26.3 Å². The highest BCUT2D eigenvalue weighted by Crippen LogP contribution is 2.31. The van der Waals surface area contributed by atoms with Gasteiger partial charge < -0.3 is 4.90 Å². The Balaban J connectivity index is 1.73. The molecule has 1 saturated heterocycles. The van der Waals surface area contributed by atoms with Crippen molar-refractivity contribution in [3.63, 3.8) is 0 Å². The van der Waals surface area contributed by atoms with Crippen molar-refractivity contribution in [3.05, 3.63) is 51.7 Å². The van der Waals surface area contributed by atoms with Gasteiger partial charge in [-0.25, -0.2) is 9.48 Å². The first kappa shape index (κ1) is 20.9. The van der Waals surface area contributed by atoms with Gasteiger partial charge in [0.2, 0.25) is 5.82 Å². The van der Waals surface area contributed by atoms with Crippen LogP contribution in [0, 0.1) is 0 Å². The highest BCUT2D eigenvalue weighted by atomic mass is 19.4. The van der Waals surface area contributed by atoms with Gasteiger partial charge in [-0.05, 0) is 31.0 Å². The maximum atomic E-state index is 12.9. The summed E-state index contributed by atoms with van der Waals surface area (Å²) in [6.45, 7) is 0.147. The number of carbonyl (C=O) groups is 1. The first-order valence-electron chi connectivity index (χ1n) is 8.59. The molecule has 1 fully saturated rings. The molecule has 1 aromatic carbocycles. The molecule has 0 saturated carbocycles. The fraction of sp³-hybridized carbons (Fsp3) is 0.471. The number of hydrogen-bond donors (Lipinski definition) is 0. The molecule has 29 heavy (non-hydrogen) atoms. The van der Waals surface area contributed by atoms with Gasteiger partial charge in [0.1, 0.15) is 0 Å². The van der Waals surface area contributed by atoms with Crippen LogP contribution in [-0.2, 0) is 19.4 Å². The largest absolute Gasteiger partial charge is 0.451 e. The van der Waals surface area contributed by atoms with E-state index < -0.39 is 41.4 Å². The summed E-state index contributed by atoms with van der Waals surface area (Å²) in [7, 11) is 0.973. The summed E-state index contributed by atoms with van der Waals surface area (Å²) in [5.41, 5.74) is -1.99. The van der Waals surface area contributed by atoms with Gasteiger partial charge in [0, 0.05) is 25.7 Å². The SMILES string of the molecule is Cn1c(C(F)(F)F)nn(C2CCN(C(=O)c3cccc(C(F)(F)F)c3)CC2)c1=O. The number of likely N-dealkylation sites (tertiary alicyclic amines) is 1. The van der Waals surface area contributed by atoms with Crippen molar-refractivity contribution in [2.24, 2.45) is 7.05 Å². The van der Waals surface area contributed by atoms with E-state index in [0.717, 1.165) is 29.9 Å². The summed E-state index contributed by atoms with van der Waals surface area (Å²) in [6.07, 6.45) is -9.06. The monoisotopic (exact) mass is 422 g/mol. The van der Waals surface area contributed by atoms with Crippen molar-refractivity contribution in [2.45, 2.75) is 31.2 Å². The third kappa shape index (κ3) is 4.15. The minimum atomic E-state index is -4.78. The molecule has 6 nitrogen and oxygen atoms in total. The molecule has 0 atom stereocenters. The zero-order valence-corrected chi connectivity index (χ0v) is 15.1. The molecular formula is C17H16F6N4O2. The number of amides is 1. The second-order valence-electron chi connectivity index (χ2n) is 6.71. The van der Waals surface area contributed by atoms with Gasteiger partial charge in [0.15, 0.2) is 0 Å². The van der Waals surface area contributed by atoms with Gasteiger partial charge in [-0.15, -0.1) is 5.10 Å². The average Bonchev–Trinajstić information content (AvgIpc) is 2.96. The zero-order chi connectivity index (χ0) is 21.6. The molecule has 0 spiro atoms. The van der Waals surface area contributed by atoms with E-state index in [0.29, 0.717) is 4.57 Å². The van der Waals surface area contributed by atoms with Gasteiger partial charge in [-0.1, -0.05) is 6.07 Å². The number of alkyl halides is 6. The fourth-order valence-corrected chi connectivity index (χ4v) is 3.27. The van der Waals surface area contributed by atoms with Crippen molar-refractivity contribution in [2.75, 3.05) is 13.1 Å². The summed E-state index contributed by atoms with van der Waals surface area (Å²) in [5, 5.41) is 3.38. The summed E-state index contributed by atoms with van der Waals surface area (Å²) in [5.74, 6) is -1.93. The number of piperidine rings is 1. The van der Waals surface area contributed by atoms with Crippen molar-refractivity contribution in [1.82, 2.24) is 19.2 Å². The minimum Gasteiger partial charge on any atom is -0.338 e. The summed E-state index contributed by atoms with van der Waals surface area (Å²) >= 11 is 0. The number of aromatic nitrogens is 3. The summed E-state index contributed by atoms with van der Waals surface area (Å²) < 4.78 is 78.4. The Bertz CT molecular complexity index is 968. The topological polar surface area (TPSA) is 60.1 Å². The van der Waals surface area contributed by atoms with E-state index in [1.807, 2.05) is 0 Å². The lowest BCUT2D eigenvalue weighted by Crippen LogP contribution is -2.41. The molecule has 1 aromatic heterocycles. The Kier molecular flexibility index (Phi) is 5.22. The van der Waals surface area contributed by atoms with Crippen LogP contribution in [0.15, 0.2) is 29.1 Å². The van der Waals surface area contributed by atoms with E-state index in [2.05, 4.69) is 5.10 Å². The van der Waals surface area contributed by atoms with E-state index in [-0.39, 0.29) is 31.5 Å². The summed E-state index contributed by atoms with van der Waals surface area (Å²) in [4.78, 5) is 25.9. The number of benzene rings is 1. The van der Waals surface area contributed by atoms with Crippen molar-refractivity contribution < 1.29 is 31.1 Å². The molecule has 2 heterocycles. The normalized spacial score (nSPS) is 16.3. The van der Waals surface area contributed by atoms with Crippen LogP contribution in [0.1, 0.15) is 40.6 Å². The van der Waals surface area contributed by atoms with Crippen molar-refractivity contribution in [1.29, 1.82) is 0 Å². The maximum absolute atomic E-state index is 12.9. The highest BCUT2D eigenvalue weighted by molar-refractivity contribution is 5.94. The van der Waals surface area contributed by atoms with E-state index in [1.54, 1.807) is 0 Å². The lowest BCUT2D eigenvalue weighted by Gasteiger charge is -2.31. The molecule has 0 aliphatic carbocycles. The van der Waals surface area contributed by atoms with Gasteiger partial charge in [0.25, 0.3) is 5.91 Å². The van der Waals surface area contributed by atoms with Gasteiger partial charge in [0.05, 0.1) is 11.6 Å². The molecule has 0 N–H and O–H groups in total. The van der Waals surface area contributed by atoms with E-state index >= 15 is 0 Å². The molecule has 0 unspecified atom stereocenters. The predicted octanol–water partition coefficient (Wildman–Crippen LogP) is 3.10. The second kappa shape index (κ2) is 7.23. The van der Waals surface area contributed by atoms with E-state index in [9.17, 15) is 35.9 Å². The average molecular weight is 422 g/mol. The molecule has 12 heteroatoms. The third-order valence-corrected chi connectivity index (χ3v) is 4.79. The van der Waals surface area contributed by atoms with Gasteiger partial charge in [-0.3, -0.25) is 9.36 Å². The van der Waals surface area contributed by atoms with Crippen LogP contribution in [-0.4, -0.2) is 38.2 Å². The standard InChI is InChI=1S/C17H16F6N4O2/c1-25-14(17(21,22)23)24-27(15(25)29)12-5-7-26(8-6-12)13(28)10-3-2-4-11(9-10)16(18,19)20/h2-4,9,12H,5-8H2,1H3. The van der Waals surface area contributed by atoms with Crippen LogP contribution in [0.2, 0.25) is 0 Å². The quantitative estimate of drug-likeness (QED) is 0.699. The Morgan fingerprint density at radius 2 is 1.69 bits per heavy atom. The Hall–Kier alpha value is -2.79. The Morgan fingerprint density at radius 3 is 2.21 bits per heavy atom. The van der Waals surface area contributed by atoms with Crippen LogP contribution in [0.25, 0.3) is 0 Å². The first-order chi connectivity index (χ1) is 13.4. The molecule has 0 radical (unpaired) electrons. The molecule has 0 bridgehead atoms. The van der Waals surface area contributed by atoms with Crippen molar-refractivity contribution in [3.8, 4) is 0 Å². The molecule has 158 valence electrons. The third-order valence-electron chi connectivity index (χ3n) is 4.79. The highest BCUT2D eigenvalue weighted by Gasteiger charge is 2.39. The first-order valence-corrected chi connectivity index (χ1v) is 8.59. The van der Waals surface area contributed by atoms with Crippen LogP contribution >= 0.6 is 0 Å². The second-order valence-corrected chi connectivity index (χ2v) is 6.71. The smallest absolute Gasteiger partial charge is 0.338 e. The maximum Gasteiger partial charge on any atom is 0.451 e. The molecule has 2 aromatic rings. The van der Waals surface area contributed by atoms with E-state index in [1.165, 1.54) is 11.0 Å². The van der Waals surface area contributed by atoms with E-state index in [4.69, 9.17) is 0 Å². The molecule has 1 aliphatic heterocycles. The zero-order valence-electron chi connectivity index (χ0n) is 15.1. The predicted molar refractivity (Wildman–Crippen MR) is 88.1 cm³/mol. The van der Waals surface area contributed by atoms with Gasteiger partial charge >= 0.3 is 18.0 Å². The number of rotatable bonds is 2. The fourth-order valence-electron chi connectivity index (χ4n) is 3.27. The Labute approximate surface area is 160 Å². The van der Waals surface area contributed by atoms with Crippen LogP contribution < -0.4 is 5.69 Å². The number of nitrogens with zero attached hydrogens (tertiary/aromatic N) is 4. The molecule has 1 amide bonds. The van der Waals surface area contributed by atoms with Crippen LogP contribution in [0.5, 0.6) is 0 Å². The number of hydrogen-bond acceptors (Lipinski definition) is 3. The molecular weight excluding hydrogens is 406 g/mol. The Morgan fingerprint density at radius 1 is 1.07 bits per heavy atom. The lowest BCUT2D eigenvalue weighted by atomic mass is 10.0. The minimum absolute atomic E-state index is 0.0735. The lowest BCUT2D eigenvalue weighted by molar-refractivity contribution is -0.147. The van der Waals surface area contributed by atoms with Crippen LogP contribution in [0.3, 0.4) is 0 Å². The molecule has 1 aliphatic rings. The molecule has 3 rings (SSSR count). The van der Waals surface area contributed by atoms with Gasteiger partial charge in [-0.2, -0.15) is 26.3 Å². The number of carbonyl (C=O) groups excluding carboxylic acids is 1.